The van der Waals surface area contributed by atoms with E-state index in [1.165, 1.54) is 20.4 Å². The van der Waals surface area contributed by atoms with Crippen LogP contribution in [0.3, 0.4) is 0 Å². The first-order chi connectivity index (χ1) is 13.9. The first-order valence-corrected chi connectivity index (χ1v) is 10.0. The number of nitrogens with zero attached hydrogens (tertiary/aromatic N) is 1. The van der Waals surface area contributed by atoms with Gasteiger partial charge in [0.2, 0.25) is 0 Å². The summed E-state index contributed by atoms with van der Waals surface area (Å²) in [6.07, 6.45) is 1.46. The van der Waals surface area contributed by atoms with E-state index in [4.69, 9.17) is 14.2 Å². The van der Waals surface area contributed by atoms with Crippen molar-refractivity contribution in [1.29, 1.82) is 0 Å². The van der Waals surface area contributed by atoms with Gasteiger partial charge < -0.3 is 18.9 Å². The highest BCUT2D eigenvalue weighted by Crippen LogP contribution is 2.36. The van der Waals surface area contributed by atoms with E-state index >= 15 is 0 Å². The van der Waals surface area contributed by atoms with Crippen LogP contribution in [0.4, 0.5) is 0 Å². The third-order valence-corrected chi connectivity index (χ3v) is 5.09. The lowest BCUT2D eigenvalue weighted by Crippen LogP contribution is -2.17. The molecule has 0 aliphatic carbocycles. The highest BCUT2D eigenvalue weighted by Gasteiger charge is 2.13. The number of carbonyl (C=O) groups is 2. The molecule has 10 heteroatoms. The molecule has 2 aromatic carbocycles. The fourth-order valence-electron chi connectivity index (χ4n) is 2.18. The molecule has 0 unspecified atom stereocenters. The third-order valence-electron chi connectivity index (χ3n) is 3.61. The average molecular weight is 577 g/mol. The van der Waals surface area contributed by atoms with Crippen LogP contribution in [0.1, 0.15) is 15.9 Å². The Labute approximate surface area is 189 Å². The Balaban J connectivity index is 2.11. The monoisotopic (exact) mass is 576 g/mol. The van der Waals surface area contributed by atoms with Crippen LogP contribution >= 0.6 is 38.5 Å². The Bertz CT molecular complexity index is 935. The molecule has 2 rings (SSSR count). The van der Waals surface area contributed by atoms with E-state index in [1.54, 1.807) is 37.4 Å². The molecule has 0 atom stereocenters. The lowest BCUT2D eigenvalue weighted by Gasteiger charge is -2.12. The lowest BCUT2D eigenvalue weighted by molar-refractivity contribution is -0.142. The number of methoxy groups -OCH3 is 3. The molecule has 1 N–H and O–H groups in total. The van der Waals surface area contributed by atoms with Crippen LogP contribution in [0.5, 0.6) is 17.2 Å². The fraction of sp³-hybridized carbons (Fsp3) is 0.211. The predicted molar refractivity (Wildman–Crippen MR) is 119 cm³/mol. The molecule has 2 aromatic rings. The number of carbonyl (C=O) groups excluding carboxylic acids is 2. The minimum Gasteiger partial charge on any atom is -0.496 e. The van der Waals surface area contributed by atoms with Crippen LogP contribution in [-0.4, -0.2) is 46.0 Å². The summed E-state index contributed by atoms with van der Waals surface area (Å²) in [5, 5.41) is 3.97. The number of ether oxygens (including phenoxy) is 4. The van der Waals surface area contributed by atoms with Gasteiger partial charge in [0.05, 0.1) is 35.6 Å². The van der Waals surface area contributed by atoms with E-state index < -0.39 is 5.97 Å². The first kappa shape index (κ1) is 22.9. The van der Waals surface area contributed by atoms with Crippen molar-refractivity contribution in [3.8, 4) is 17.2 Å². The minimum atomic E-state index is -0.514. The molecular weight excluding hydrogens is 559 g/mol. The summed E-state index contributed by atoms with van der Waals surface area (Å²) in [6, 6.07) is 8.47. The summed E-state index contributed by atoms with van der Waals surface area (Å²) in [5.74, 6) is 0.460. The van der Waals surface area contributed by atoms with E-state index in [2.05, 4.69) is 53.8 Å². The molecule has 8 nitrogen and oxygen atoms in total. The zero-order chi connectivity index (χ0) is 21.4. The number of nitrogens with one attached hydrogen (secondary N) is 1. The summed E-state index contributed by atoms with van der Waals surface area (Å²) in [4.78, 5) is 23.5. The van der Waals surface area contributed by atoms with E-state index in [0.717, 1.165) is 3.57 Å². The second-order valence-corrected chi connectivity index (χ2v) is 7.46. The van der Waals surface area contributed by atoms with Crippen molar-refractivity contribution >= 4 is 56.6 Å². The van der Waals surface area contributed by atoms with Crippen LogP contribution < -0.4 is 19.6 Å². The zero-order valence-electron chi connectivity index (χ0n) is 15.8. The number of hydrazone groups is 1. The predicted octanol–water partition coefficient (Wildman–Crippen LogP) is 3.39. The molecule has 0 bridgehead atoms. The van der Waals surface area contributed by atoms with Gasteiger partial charge in [-0.3, -0.25) is 4.79 Å². The summed E-state index contributed by atoms with van der Waals surface area (Å²) < 4.78 is 21.9. The molecule has 1 amide bonds. The van der Waals surface area contributed by atoms with Gasteiger partial charge >= 0.3 is 5.97 Å². The van der Waals surface area contributed by atoms with E-state index in [9.17, 15) is 9.59 Å². The van der Waals surface area contributed by atoms with Crippen molar-refractivity contribution in [2.45, 2.75) is 0 Å². The van der Waals surface area contributed by atoms with Gasteiger partial charge in [-0.05, 0) is 74.4 Å². The Morgan fingerprint density at radius 3 is 2.52 bits per heavy atom. The van der Waals surface area contributed by atoms with Crippen molar-refractivity contribution in [1.82, 2.24) is 5.43 Å². The second kappa shape index (κ2) is 11.0. The van der Waals surface area contributed by atoms with E-state index in [-0.39, 0.29) is 12.5 Å². The molecule has 154 valence electrons. The third kappa shape index (κ3) is 6.32. The van der Waals surface area contributed by atoms with Crippen molar-refractivity contribution in [2.24, 2.45) is 5.10 Å². The smallest absolute Gasteiger partial charge is 0.343 e. The van der Waals surface area contributed by atoms with Crippen molar-refractivity contribution in [3.63, 3.8) is 0 Å². The Morgan fingerprint density at radius 2 is 1.86 bits per heavy atom. The highest BCUT2D eigenvalue weighted by atomic mass is 127. The summed E-state index contributed by atoms with van der Waals surface area (Å²) >= 11 is 5.49. The number of hydrogen-bond acceptors (Lipinski definition) is 7. The SMILES string of the molecule is COC(=O)COc1c(Br)cc(/C=N\NC(=O)c2ccc(I)c(OC)c2)cc1OC. The van der Waals surface area contributed by atoms with Crippen LogP contribution in [0.2, 0.25) is 0 Å². The molecule has 0 spiro atoms. The highest BCUT2D eigenvalue weighted by molar-refractivity contribution is 14.1. The molecular formula is C19H18BrIN2O6. The molecule has 0 saturated heterocycles. The standard InChI is InChI=1S/C19H18BrIN2O6/c1-26-15-8-12(4-5-14(15)21)19(25)23-22-9-11-6-13(20)18(16(7-11)27-2)29-10-17(24)28-3/h4-9H,10H2,1-3H3,(H,23,25)/b22-9-. The number of hydrogen-bond donors (Lipinski definition) is 1. The van der Waals surface area contributed by atoms with E-state index in [1.807, 2.05) is 0 Å². The van der Waals surface area contributed by atoms with Gasteiger partial charge in [0.25, 0.3) is 5.91 Å². The number of esters is 1. The summed E-state index contributed by atoms with van der Waals surface area (Å²) in [7, 11) is 4.29. The summed E-state index contributed by atoms with van der Waals surface area (Å²) in [6.45, 7) is -0.256. The molecule has 0 saturated carbocycles. The molecule has 29 heavy (non-hydrogen) atoms. The maximum absolute atomic E-state index is 12.3. The number of benzene rings is 2. The normalized spacial score (nSPS) is 10.5. The van der Waals surface area contributed by atoms with Gasteiger partial charge in [0, 0.05) is 5.56 Å². The van der Waals surface area contributed by atoms with Gasteiger partial charge in [-0.2, -0.15) is 5.10 Å². The second-order valence-electron chi connectivity index (χ2n) is 5.45. The minimum absolute atomic E-state index is 0.256. The van der Waals surface area contributed by atoms with Crippen molar-refractivity contribution in [2.75, 3.05) is 27.9 Å². The van der Waals surface area contributed by atoms with Gasteiger partial charge in [0.15, 0.2) is 18.1 Å². The van der Waals surface area contributed by atoms with Crippen molar-refractivity contribution in [3.05, 3.63) is 49.5 Å². The average Bonchev–Trinajstić information content (AvgIpc) is 2.72. The maximum atomic E-state index is 12.3. The summed E-state index contributed by atoms with van der Waals surface area (Å²) in [5.41, 5.74) is 3.52. The number of rotatable bonds is 8. The van der Waals surface area contributed by atoms with Gasteiger partial charge in [0.1, 0.15) is 5.75 Å². The molecule has 0 radical (unpaired) electrons. The lowest BCUT2D eigenvalue weighted by atomic mass is 10.2. The topological polar surface area (TPSA) is 95.5 Å². The first-order valence-electron chi connectivity index (χ1n) is 8.13. The maximum Gasteiger partial charge on any atom is 0.343 e. The van der Waals surface area contributed by atoms with Crippen LogP contribution in [-0.2, 0) is 9.53 Å². The molecule has 0 aromatic heterocycles. The quantitative estimate of drug-likeness (QED) is 0.224. The Kier molecular flexibility index (Phi) is 8.70. The van der Waals surface area contributed by atoms with Crippen LogP contribution in [0.15, 0.2) is 39.9 Å². The van der Waals surface area contributed by atoms with Crippen LogP contribution in [0.25, 0.3) is 0 Å². The molecule has 0 aliphatic rings. The Morgan fingerprint density at radius 1 is 1.14 bits per heavy atom. The fourth-order valence-corrected chi connectivity index (χ4v) is 3.31. The van der Waals surface area contributed by atoms with Crippen LogP contribution in [0, 0.1) is 3.57 Å². The molecule has 0 aliphatic heterocycles. The largest absolute Gasteiger partial charge is 0.496 e. The number of halogens is 2. The Hall–Kier alpha value is -2.34. The molecule has 0 heterocycles. The molecule has 0 fully saturated rings. The van der Waals surface area contributed by atoms with Crippen molar-refractivity contribution < 1.29 is 28.5 Å². The van der Waals surface area contributed by atoms with Gasteiger partial charge in [-0.25, -0.2) is 10.2 Å². The van der Waals surface area contributed by atoms with Gasteiger partial charge in [-0.15, -0.1) is 0 Å². The van der Waals surface area contributed by atoms with Gasteiger partial charge in [-0.1, -0.05) is 0 Å². The number of amides is 1. The zero-order valence-corrected chi connectivity index (χ0v) is 19.6. The van der Waals surface area contributed by atoms with E-state index in [0.29, 0.717) is 32.8 Å².